The molecule has 1 amide bonds. The second kappa shape index (κ2) is 7.65. The molecule has 4 rings (SSSR count). The van der Waals surface area contributed by atoms with Crippen LogP contribution < -0.4 is 4.90 Å². The summed E-state index contributed by atoms with van der Waals surface area (Å²) in [5.74, 6) is 0.775. The Morgan fingerprint density at radius 2 is 1.88 bits per heavy atom. The number of hydrogen-bond acceptors (Lipinski definition) is 4. The van der Waals surface area contributed by atoms with Crippen molar-refractivity contribution in [1.82, 2.24) is 0 Å². The molecular weight excluding hydrogens is 362 g/mol. The van der Waals surface area contributed by atoms with Gasteiger partial charge in [-0.25, -0.2) is 0 Å². The lowest BCUT2D eigenvalue weighted by Crippen LogP contribution is -2.28. The number of Topliss-reactive ketones (excluding diaryl/α,β-unsaturated/α-hetero) is 1. The van der Waals surface area contributed by atoms with Crippen LogP contribution in [0.15, 0.2) is 29.2 Å². The molecule has 0 bridgehead atoms. The molecule has 2 heterocycles. The number of benzene rings is 1. The van der Waals surface area contributed by atoms with E-state index in [-0.39, 0.29) is 18.1 Å². The van der Waals surface area contributed by atoms with Crippen LogP contribution in [0, 0.1) is 5.92 Å². The quantitative estimate of drug-likeness (QED) is 0.531. The number of hydrogen-bond donors (Lipinski definition) is 0. The van der Waals surface area contributed by atoms with E-state index in [0.29, 0.717) is 14.7 Å². The lowest BCUT2D eigenvalue weighted by molar-refractivity contribution is -0.115. The Morgan fingerprint density at radius 1 is 1.12 bits per heavy atom. The van der Waals surface area contributed by atoms with E-state index >= 15 is 0 Å². The van der Waals surface area contributed by atoms with Gasteiger partial charge >= 0.3 is 0 Å². The van der Waals surface area contributed by atoms with Crippen LogP contribution in [-0.4, -0.2) is 22.4 Å². The highest BCUT2D eigenvalue weighted by molar-refractivity contribution is 8.27. The van der Waals surface area contributed by atoms with E-state index in [1.54, 1.807) is 0 Å². The minimum Gasteiger partial charge on any atom is -0.308 e. The van der Waals surface area contributed by atoms with Crippen molar-refractivity contribution in [2.24, 2.45) is 5.92 Å². The first-order chi connectivity index (χ1) is 12.6. The van der Waals surface area contributed by atoms with Gasteiger partial charge in [-0.3, -0.25) is 9.59 Å². The maximum absolute atomic E-state index is 13.1. The molecule has 26 heavy (non-hydrogen) atoms. The molecule has 2 fully saturated rings. The molecule has 1 aliphatic carbocycles. The van der Waals surface area contributed by atoms with Gasteiger partial charge < -0.3 is 4.90 Å². The average Bonchev–Trinajstić information content (AvgIpc) is 3.12. The second-order valence-electron chi connectivity index (χ2n) is 7.40. The Kier molecular flexibility index (Phi) is 5.28. The predicted octanol–water partition coefficient (Wildman–Crippen LogP) is 5.14. The first-order valence-electron chi connectivity index (χ1n) is 9.54. The summed E-state index contributed by atoms with van der Waals surface area (Å²) in [4.78, 5) is 27.9. The molecule has 136 valence electrons. The smallest absolute Gasteiger partial charge is 0.260 e. The number of ketones is 1. The third-order valence-corrected chi connectivity index (χ3v) is 7.05. The minimum absolute atomic E-state index is 0.0118. The molecule has 2 aliphatic heterocycles. The van der Waals surface area contributed by atoms with Crippen molar-refractivity contribution in [2.45, 2.75) is 51.4 Å². The van der Waals surface area contributed by atoms with Gasteiger partial charge in [-0.2, -0.15) is 0 Å². The molecule has 0 unspecified atom stereocenters. The van der Waals surface area contributed by atoms with Crippen LogP contribution >= 0.6 is 24.0 Å². The maximum atomic E-state index is 13.1. The molecule has 1 saturated carbocycles. The van der Waals surface area contributed by atoms with Crippen molar-refractivity contribution in [3.8, 4) is 0 Å². The molecule has 1 aromatic rings. The summed E-state index contributed by atoms with van der Waals surface area (Å²) in [7, 11) is 0. The Labute approximate surface area is 164 Å². The number of rotatable bonds is 4. The highest BCUT2D eigenvalue weighted by Gasteiger charge is 2.38. The summed E-state index contributed by atoms with van der Waals surface area (Å²) >= 11 is 6.50. The highest BCUT2D eigenvalue weighted by Crippen LogP contribution is 2.44. The molecular formula is C21H23NO2S2. The van der Waals surface area contributed by atoms with Gasteiger partial charge in [-0.15, -0.1) is 0 Å². The van der Waals surface area contributed by atoms with E-state index in [9.17, 15) is 9.59 Å². The molecule has 5 heteroatoms. The van der Waals surface area contributed by atoms with E-state index < -0.39 is 0 Å². The standard InChI is InChI=1S/C21H23NO2S2/c23-17-13-18(25)26-20(17)19-15-10-4-5-11-16(15)22(21(19)24)12-6-9-14-7-2-1-3-8-14/h4-5,10-11,14H,1-3,6-9,12-13H2/b20-19-. The van der Waals surface area contributed by atoms with E-state index in [0.717, 1.165) is 30.1 Å². The monoisotopic (exact) mass is 385 g/mol. The lowest BCUT2D eigenvalue weighted by Gasteiger charge is -2.23. The molecule has 0 radical (unpaired) electrons. The third kappa shape index (κ3) is 3.39. The van der Waals surface area contributed by atoms with Gasteiger partial charge in [0.05, 0.1) is 26.8 Å². The summed E-state index contributed by atoms with van der Waals surface area (Å²) in [6.07, 6.45) is 9.24. The second-order valence-corrected chi connectivity index (χ2v) is 9.25. The van der Waals surface area contributed by atoms with Crippen molar-refractivity contribution >= 4 is 51.1 Å². The summed E-state index contributed by atoms with van der Waals surface area (Å²) in [5, 5.41) is 0. The van der Waals surface area contributed by atoms with Crippen molar-refractivity contribution in [1.29, 1.82) is 0 Å². The molecule has 0 N–H and O–H groups in total. The number of anilines is 1. The number of para-hydroxylation sites is 1. The number of fused-ring (bicyclic) bond motifs is 1. The third-order valence-electron chi connectivity index (χ3n) is 5.64. The van der Waals surface area contributed by atoms with Crippen molar-refractivity contribution in [3.63, 3.8) is 0 Å². The fraction of sp³-hybridized carbons (Fsp3) is 0.476. The number of carbonyl (C=O) groups is 2. The zero-order valence-corrected chi connectivity index (χ0v) is 16.5. The highest BCUT2D eigenvalue weighted by atomic mass is 32.2. The molecule has 1 saturated heterocycles. The normalized spacial score (nSPS) is 23.8. The number of nitrogens with zero attached hydrogens (tertiary/aromatic N) is 1. The molecule has 1 aromatic carbocycles. The molecule has 0 spiro atoms. The summed E-state index contributed by atoms with van der Waals surface area (Å²) in [5.41, 5.74) is 2.39. The van der Waals surface area contributed by atoms with Crippen molar-refractivity contribution in [2.75, 3.05) is 11.4 Å². The van der Waals surface area contributed by atoms with Crippen molar-refractivity contribution in [3.05, 3.63) is 34.7 Å². The molecule has 3 nitrogen and oxygen atoms in total. The number of thiocarbonyl (C=S) groups is 1. The molecule has 0 atom stereocenters. The van der Waals surface area contributed by atoms with E-state index in [1.165, 1.54) is 50.3 Å². The minimum atomic E-state index is -0.0320. The van der Waals surface area contributed by atoms with Crippen molar-refractivity contribution < 1.29 is 9.59 Å². The van der Waals surface area contributed by atoms with Gasteiger partial charge in [0.25, 0.3) is 5.91 Å². The largest absolute Gasteiger partial charge is 0.308 e. The topological polar surface area (TPSA) is 37.4 Å². The van der Waals surface area contributed by atoms with Crippen LogP contribution in [0.5, 0.6) is 0 Å². The van der Waals surface area contributed by atoms with Gasteiger partial charge in [-0.1, -0.05) is 74.3 Å². The lowest BCUT2D eigenvalue weighted by atomic mass is 9.86. The van der Waals surface area contributed by atoms with Gasteiger partial charge in [0.1, 0.15) is 0 Å². The fourth-order valence-electron chi connectivity index (χ4n) is 4.34. The predicted molar refractivity (Wildman–Crippen MR) is 111 cm³/mol. The fourth-order valence-corrected chi connectivity index (χ4v) is 5.64. The van der Waals surface area contributed by atoms with Crippen LogP contribution in [0.4, 0.5) is 5.69 Å². The van der Waals surface area contributed by atoms with E-state index in [1.807, 2.05) is 29.2 Å². The first-order valence-corrected chi connectivity index (χ1v) is 10.8. The van der Waals surface area contributed by atoms with Crippen LogP contribution in [0.2, 0.25) is 0 Å². The molecule has 3 aliphatic rings. The summed E-state index contributed by atoms with van der Waals surface area (Å²) in [6, 6.07) is 7.83. The number of thioether (sulfide) groups is 1. The van der Waals surface area contributed by atoms with Gasteiger partial charge in [-0.05, 0) is 24.8 Å². The van der Waals surface area contributed by atoms with Gasteiger partial charge in [0.15, 0.2) is 5.78 Å². The zero-order chi connectivity index (χ0) is 18.1. The number of carbonyl (C=O) groups excluding carboxylic acids is 2. The SMILES string of the molecule is O=C1CC(=S)S/C1=C1\C(=O)N(CCCC2CCCCC2)c2ccccc21. The van der Waals surface area contributed by atoms with Gasteiger partial charge in [0.2, 0.25) is 0 Å². The summed E-state index contributed by atoms with van der Waals surface area (Å²) < 4.78 is 0.665. The van der Waals surface area contributed by atoms with Crippen LogP contribution in [-0.2, 0) is 9.59 Å². The van der Waals surface area contributed by atoms with Crippen LogP contribution in [0.3, 0.4) is 0 Å². The van der Waals surface area contributed by atoms with E-state index in [2.05, 4.69) is 0 Å². The number of allylic oxidation sites excluding steroid dienone is 1. The number of amides is 1. The average molecular weight is 386 g/mol. The zero-order valence-electron chi connectivity index (χ0n) is 14.8. The van der Waals surface area contributed by atoms with Crippen LogP contribution in [0.1, 0.15) is 56.9 Å². The summed E-state index contributed by atoms with van der Waals surface area (Å²) in [6.45, 7) is 0.729. The van der Waals surface area contributed by atoms with E-state index in [4.69, 9.17) is 12.2 Å². The molecule has 0 aromatic heterocycles. The Balaban J connectivity index is 1.55. The van der Waals surface area contributed by atoms with Crippen LogP contribution in [0.25, 0.3) is 5.57 Å². The Morgan fingerprint density at radius 3 is 2.62 bits per heavy atom. The first kappa shape index (κ1) is 17.9. The maximum Gasteiger partial charge on any atom is 0.260 e. The Bertz CT molecular complexity index is 793. The van der Waals surface area contributed by atoms with Gasteiger partial charge in [0, 0.05) is 12.1 Å². The Hall–Kier alpha value is -1.46.